The second kappa shape index (κ2) is 3.38. The Balaban J connectivity index is 2.53. The number of thiophene rings is 1. The summed E-state index contributed by atoms with van der Waals surface area (Å²) in [5, 5.41) is 3.57. The van der Waals surface area contributed by atoms with Crippen molar-refractivity contribution in [1.29, 1.82) is 0 Å². The topological polar surface area (TPSA) is 26.0 Å². The Bertz CT molecular complexity index is 465. The van der Waals surface area contributed by atoms with Gasteiger partial charge in [-0.05, 0) is 17.7 Å². The van der Waals surface area contributed by atoms with E-state index in [1.807, 2.05) is 5.38 Å². The summed E-state index contributed by atoms with van der Waals surface area (Å²) in [5.74, 6) is -1.70. The van der Waals surface area contributed by atoms with Gasteiger partial charge in [-0.2, -0.15) is 0 Å². The van der Waals surface area contributed by atoms with E-state index in [2.05, 4.69) is 0 Å². The average Bonchev–Trinajstić information content (AvgIpc) is 2.57. The Morgan fingerprint density at radius 1 is 1.07 bits per heavy atom. The van der Waals surface area contributed by atoms with Gasteiger partial charge in [0.05, 0.1) is 5.69 Å². The van der Waals surface area contributed by atoms with Crippen LogP contribution in [0.2, 0.25) is 0 Å². The quantitative estimate of drug-likeness (QED) is 0.769. The summed E-state index contributed by atoms with van der Waals surface area (Å²) in [7, 11) is 0. The van der Waals surface area contributed by atoms with Gasteiger partial charge in [-0.25, -0.2) is 8.78 Å². The molecule has 0 aliphatic rings. The minimum atomic E-state index is -0.854. The van der Waals surface area contributed by atoms with E-state index in [0.717, 1.165) is 17.7 Å². The molecule has 0 fully saturated rings. The Hall–Kier alpha value is -1.42. The van der Waals surface area contributed by atoms with E-state index in [4.69, 9.17) is 5.73 Å². The van der Waals surface area contributed by atoms with Crippen molar-refractivity contribution < 1.29 is 8.78 Å². The van der Waals surface area contributed by atoms with Gasteiger partial charge in [-0.3, -0.25) is 0 Å². The smallest absolute Gasteiger partial charge is 0.159 e. The van der Waals surface area contributed by atoms with Crippen LogP contribution in [0.4, 0.5) is 14.5 Å². The van der Waals surface area contributed by atoms with E-state index in [0.29, 0.717) is 11.3 Å². The monoisotopic (exact) mass is 211 g/mol. The fourth-order valence-corrected chi connectivity index (χ4v) is 1.96. The van der Waals surface area contributed by atoms with Gasteiger partial charge in [-0.1, -0.05) is 6.07 Å². The summed E-state index contributed by atoms with van der Waals surface area (Å²) in [6, 6.07) is 3.76. The van der Waals surface area contributed by atoms with Crippen LogP contribution in [0.25, 0.3) is 11.1 Å². The molecular formula is C10H7F2NS. The van der Waals surface area contributed by atoms with E-state index in [-0.39, 0.29) is 0 Å². The van der Waals surface area contributed by atoms with Crippen LogP contribution < -0.4 is 5.73 Å². The maximum absolute atomic E-state index is 12.9. The van der Waals surface area contributed by atoms with Gasteiger partial charge in [0.25, 0.3) is 0 Å². The van der Waals surface area contributed by atoms with E-state index < -0.39 is 11.6 Å². The number of hydrogen-bond acceptors (Lipinski definition) is 2. The largest absolute Gasteiger partial charge is 0.398 e. The SMILES string of the molecule is Nc1cscc1-c1ccc(F)c(F)c1. The summed E-state index contributed by atoms with van der Waals surface area (Å²) >= 11 is 1.43. The molecule has 14 heavy (non-hydrogen) atoms. The van der Waals surface area contributed by atoms with Crippen molar-refractivity contribution in [3.63, 3.8) is 0 Å². The first-order valence-electron chi connectivity index (χ1n) is 3.95. The lowest BCUT2D eigenvalue weighted by Crippen LogP contribution is -1.87. The first kappa shape index (κ1) is 9.15. The lowest BCUT2D eigenvalue weighted by molar-refractivity contribution is 0.509. The zero-order chi connectivity index (χ0) is 10.1. The number of nitrogens with two attached hydrogens (primary N) is 1. The fourth-order valence-electron chi connectivity index (χ4n) is 1.21. The van der Waals surface area contributed by atoms with Crippen molar-refractivity contribution in [2.75, 3.05) is 5.73 Å². The standard InChI is InChI=1S/C10H7F2NS/c11-8-2-1-6(3-9(8)12)7-4-14-5-10(7)13/h1-5H,13H2. The normalized spacial score (nSPS) is 10.4. The molecule has 4 heteroatoms. The van der Waals surface area contributed by atoms with Crippen LogP contribution in [0.1, 0.15) is 0 Å². The van der Waals surface area contributed by atoms with Crippen molar-refractivity contribution in [3.8, 4) is 11.1 Å². The Kier molecular flexibility index (Phi) is 2.21. The molecule has 0 saturated heterocycles. The van der Waals surface area contributed by atoms with Crippen molar-refractivity contribution >= 4 is 17.0 Å². The second-order valence-corrected chi connectivity index (χ2v) is 3.61. The van der Waals surface area contributed by atoms with Crippen LogP contribution in [-0.4, -0.2) is 0 Å². The third-order valence-corrected chi connectivity index (χ3v) is 2.68. The summed E-state index contributed by atoms with van der Waals surface area (Å²) in [4.78, 5) is 0. The number of nitrogen functional groups attached to an aromatic ring is 1. The summed E-state index contributed by atoms with van der Waals surface area (Å²) in [6.07, 6.45) is 0. The number of anilines is 1. The van der Waals surface area contributed by atoms with Crippen molar-refractivity contribution in [1.82, 2.24) is 0 Å². The summed E-state index contributed by atoms with van der Waals surface area (Å²) in [6.45, 7) is 0. The third kappa shape index (κ3) is 1.48. The molecule has 72 valence electrons. The Morgan fingerprint density at radius 3 is 2.43 bits per heavy atom. The molecular weight excluding hydrogens is 204 g/mol. The van der Waals surface area contributed by atoms with Crippen molar-refractivity contribution in [3.05, 3.63) is 40.6 Å². The van der Waals surface area contributed by atoms with Gasteiger partial charge in [0.15, 0.2) is 11.6 Å². The van der Waals surface area contributed by atoms with E-state index in [1.54, 1.807) is 5.38 Å². The predicted octanol–water partition coefficient (Wildman–Crippen LogP) is 3.28. The highest BCUT2D eigenvalue weighted by atomic mass is 32.1. The van der Waals surface area contributed by atoms with Crippen LogP contribution in [0.3, 0.4) is 0 Å². The molecule has 0 amide bonds. The van der Waals surface area contributed by atoms with Gasteiger partial charge < -0.3 is 5.73 Å². The molecule has 0 bridgehead atoms. The maximum atomic E-state index is 12.9. The first-order chi connectivity index (χ1) is 6.68. The molecule has 0 aliphatic heterocycles. The second-order valence-electron chi connectivity index (χ2n) is 2.87. The predicted molar refractivity (Wildman–Crippen MR) is 54.1 cm³/mol. The van der Waals surface area contributed by atoms with E-state index >= 15 is 0 Å². The highest BCUT2D eigenvalue weighted by Crippen LogP contribution is 2.29. The molecule has 2 N–H and O–H groups in total. The number of hydrogen-bond donors (Lipinski definition) is 1. The van der Waals surface area contributed by atoms with Crippen molar-refractivity contribution in [2.24, 2.45) is 0 Å². The molecule has 1 nitrogen and oxygen atoms in total. The van der Waals surface area contributed by atoms with Gasteiger partial charge in [-0.15, -0.1) is 11.3 Å². The minimum absolute atomic E-state index is 0.584. The highest BCUT2D eigenvalue weighted by Gasteiger charge is 2.07. The van der Waals surface area contributed by atoms with Crippen LogP contribution in [0.5, 0.6) is 0 Å². The van der Waals surface area contributed by atoms with Crippen molar-refractivity contribution in [2.45, 2.75) is 0 Å². The molecule has 2 aromatic rings. The van der Waals surface area contributed by atoms with Gasteiger partial charge in [0.2, 0.25) is 0 Å². The average molecular weight is 211 g/mol. The first-order valence-corrected chi connectivity index (χ1v) is 4.90. The van der Waals surface area contributed by atoms with Gasteiger partial charge >= 0.3 is 0 Å². The van der Waals surface area contributed by atoms with Crippen LogP contribution >= 0.6 is 11.3 Å². The Labute approximate surface area is 83.8 Å². The molecule has 1 aromatic carbocycles. The molecule has 0 unspecified atom stereocenters. The van der Waals surface area contributed by atoms with Crippen LogP contribution in [0, 0.1) is 11.6 Å². The number of rotatable bonds is 1. The minimum Gasteiger partial charge on any atom is -0.398 e. The summed E-state index contributed by atoms with van der Waals surface area (Å²) in [5.41, 5.74) is 7.58. The molecule has 0 saturated carbocycles. The number of benzene rings is 1. The van der Waals surface area contributed by atoms with E-state index in [1.165, 1.54) is 17.4 Å². The number of halogens is 2. The molecule has 0 aliphatic carbocycles. The third-order valence-electron chi connectivity index (χ3n) is 1.92. The molecule has 2 rings (SSSR count). The molecule has 0 spiro atoms. The Morgan fingerprint density at radius 2 is 1.86 bits per heavy atom. The van der Waals surface area contributed by atoms with E-state index in [9.17, 15) is 8.78 Å². The highest BCUT2D eigenvalue weighted by molar-refractivity contribution is 7.08. The molecule has 0 radical (unpaired) electrons. The molecule has 0 atom stereocenters. The van der Waals surface area contributed by atoms with Gasteiger partial charge in [0, 0.05) is 16.3 Å². The zero-order valence-corrected chi connectivity index (χ0v) is 7.94. The fraction of sp³-hybridized carbons (Fsp3) is 0. The molecule has 1 heterocycles. The van der Waals surface area contributed by atoms with Gasteiger partial charge in [0.1, 0.15) is 0 Å². The zero-order valence-electron chi connectivity index (χ0n) is 7.13. The summed E-state index contributed by atoms with van der Waals surface area (Å²) < 4.78 is 25.5. The lowest BCUT2D eigenvalue weighted by atomic mass is 10.1. The van der Waals surface area contributed by atoms with Crippen LogP contribution in [-0.2, 0) is 0 Å². The lowest BCUT2D eigenvalue weighted by Gasteiger charge is -2.00. The maximum Gasteiger partial charge on any atom is 0.159 e. The molecule has 1 aromatic heterocycles. The van der Waals surface area contributed by atoms with Crippen LogP contribution in [0.15, 0.2) is 29.0 Å².